The number of likely N-dealkylation sites (tertiary alicyclic amines) is 1. The third-order valence-electron chi connectivity index (χ3n) is 5.40. The van der Waals surface area contributed by atoms with Crippen LogP contribution in [0.25, 0.3) is 11.3 Å². The van der Waals surface area contributed by atoms with Crippen LogP contribution in [0.1, 0.15) is 30.9 Å². The average Bonchev–Trinajstić information content (AvgIpc) is 2.73. The van der Waals surface area contributed by atoms with Crippen LogP contribution in [-0.2, 0) is 11.0 Å². The number of aromatic nitrogens is 2. The lowest BCUT2D eigenvalue weighted by atomic mass is 10.0. The molecule has 1 atom stereocenters. The second-order valence-corrected chi connectivity index (χ2v) is 7.85. The highest BCUT2D eigenvalue weighted by Crippen LogP contribution is 2.37. The van der Waals surface area contributed by atoms with E-state index in [9.17, 15) is 31.1 Å². The molecule has 1 fully saturated rings. The van der Waals surface area contributed by atoms with Crippen molar-refractivity contribution >= 4 is 17.4 Å². The molecule has 3 rings (SSSR count). The molecule has 33 heavy (non-hydrogen) atoms. The highest BCUT2D eigenvalue weighted by atomic mass is 19.4. The van der Waals surface area contributed by atoms with E-state index in [0.717, 1.165) is 38.5 Å². The Morgan fingerprint density at radius 2 is 1.88 bits per heavy atom. The molecule has 0 aliphatic carbocycles. The van der Waals surface area contributed by atoms with Gasteiger partial charge in [-0.1, -0.05) is 13.0 Å². The summed E-state index contributed by atoms with van der Waals surface area (Å²) in [6, 6.07) is 3.91. The third kappa shape index (κ3) is 6.12. The van der Waals surface area contributed by atoms with Crippen molar-refractivity contribution in [1.29, 1.82) is 0 Å². The van der Waals surface area contributed by atoms with Crippen LogP contribution in [0.15, 0.2) is 24.3 Å². The zero-order chi connectivity index (χ0) is 24.4. The van der Waals surface area contributed by atoms with Gasteiger partial charge in [-0.3, -0.25) is 4.79 Å². The number of piperidine rings is 1. The van der Waals surface area contributed by atoms with Crippen molar-refractivity contribution in [3.05, 3.63) is 35.4 Å². The number of nitrogens with one attached hydrogen (secondary N) is 2. The molecule has 0 unspecified atom stereocenters. The van der Waals surface area contributed by atoms with Gasteiger partial charge in [-0.25, -0.2) is 0 Å². The van der Waals surface area contributed by atoms with Gasteiger partial charge >= 0.3 is 18.3 Å². The molecule has 1 aromatic carbocycles. The number of anilines is 2. The number of carbonyl (C=O) groups excluding carboxylic acids is 1. The van der Waals surface area contributed by atoms with E-state index in [-0.39, 0.29) is 17.3 Å². The van der Waals surface area contributed by atoms with Gasteiger partial charge in [0, 0.05) is 18.2 Å². The number of alkyl halides is 6. The predicted octanol–water partition coefficient (Wildman–Crippen LogP) is 4.87. The van der Waals surface area contributed by atoms with Crippen LogP contribution in [0.3, 0.4) is 0 Å². The van der Waals surface area contributed by atoms with E-state index in [2.05, 4.69) is 27.3 Å². The standard InChI is InChI=1S/C21H23F6N5O/c1-3-32-8-4-5-14(11-32)28-17-9-12(2)18(31-30-17)15-7-6-13(20(22,23)24)10-16(15)29-19(33)21(25,26)27/h6-7,9-10,14H,3-5,8,11H2,1-2H3,(H,28,30)(H,29,33)/t14-/m1/s1. The van der Waals surface area contributed by atoms with Gasteiger partial charge in [-0.2, -0.15) is 26.3 Å². The van der Waals surface area contributed by atoms with Crippen LogP contribution in [0, 0.1) is 6.92 Å². The monoisotopic (exact) mass is 475 g/mol. The van der Waals surface area contributed by atoms with Crippen molar-refractivity contribution in [1.82, 2.24) is 15.1 Å². The Balaban J connectivity index is 1.92. The van der Waals surface area contributed by atoms with Crippen molar-refractivity contribution < 1.29 is 31.1 Å². The smallest absolute Gasteiger partial charge is 0.365 e. The van der Waals surface area contributed by atoms with Gasteiger partial charge in [-0.15, -0.1) is 10.2 Å². The van der Waals surface area contributed by atoms with Gasteiger partial charge in [0.05, 0.1) is 16.9 Å². The molecule has 2 heterocycles. The van der Waals surface area contributed by atoms with E-state index in [1.54, 1.807) is 13.0 Å². The number of benzene rings is 1. The molecule has 0 bridgehead atoms. The maximum absolute atomic E-state index is 13.1. The predicted molar refractivity (Wildman–Crippen MR) is 111 cm³/mol. The minimum atomic E-state index is -5.27. The Bertz CT molecular complexity index is 1010. The summed E-state index contributed by atoms with van der Waals surface area (Å²) in [5, 5.41) is 12.9. The van der Waals surface area contributed by atoms with Gasteiger partial charge < -0.3 is 15.5 Å². The number of rotatable bonds is 5. The van der Waals surface area contributed by atoms with Crippen LogP contribution in [-0.4, -0.2) is 52.9 Å². The molecular formula is C21H23F6N5O. The highest BCUT2D eigenvalue weighted by Gasteiger charge is 2.40. The summed E-state index contributed by atoms with van der Waals surface area (Å²) < 4.78 is 77.5. The van der Waals surface area contributed by atoms with E-state index < -0.39 is 29.5 Å². The number of carbonyl (C=O) groups is 1. The summed E-state index contributed by atoms with van der Waals surface area (Å²) in [7, 11) is 0. The summed E-state index contributed by atoms with van der Waals surface area (Å²) in [4.78, 5) is 13.7. The SMILES string of the molecule is CCN1CCC[C@@H](Nc2cc(C)c(-c3ccc(C(F)(F)F)cc3NC(=O)C(F)(F)F)nn2)C1. The number of aryl methyl sites for hydroxylation is 1. The van der Waals surface area contributed by atoms with Crippen molar-refractivity contribution in [2.75, 3.05) is 30.3 Å². The first kappa shape index (κ1) is 24.7. The molecule has 2 aromatic rings. The Labute approximate surface area is 186 Å². The summed E-state index contributed by atoms with van der Waals surface area (Å²) in [6.07, 6.45) is -8.13. The average molecular weight is 475 g/mol. The maximum Gasteiger partial charge on any atom is 0.471 e. The fourth-order valence-corrected chi connectivity index (χ4v) is 3.72. The quantitative estimate of drug-likeness (QED) is 0.604. The number of amides is 1. The van der Waals surface area contributed by atoms with Crippen molar-refractivity contribution in [2.24, 2.45) is 0 Å². The van der Waals surface area contributed by atoms with Gasteiger partial charge in [0.2, 0.25) is 0 Å². The maximum atomic E-state index is 13.1. The lowest BCUT2D eigenvalue weighted by Gasteiger charge is -2.32. The second-order valence-electron chi connectivity index (χ2n) is 7.85. The van der Waals surface area contributed by atoms with Crippen molar-refractivity contribution in [3.63, 3.8) is 0 Å². The fourth-order valence-electron chi connectivity index (χ4n) is 3.72. The minimum Gasteiger partial charge on any atom is -0.365 e. The zero-order valence-corrected chi connectivity index (χ0v) is 17.9. The molecule has 6 nitrogen and oxygen atoms in total. The van der Waals surface area contributed by atoms with Crippen LogP contribution in [0.2, 0.25) is 0 Å². The molecule has 1 saturated heterocycles. The molecule has 1 aliphatic heterocycles. The van der Waals surface area contributed by atoms with Gasteiger partial charge in [-0.05, 0) is 56.6 Å². The first-order valence-corrected chi connectivity index (χ1v) is 10.3. The number of hydrogen-bond acceptors (Lipinski definition) is 5. The third-order valence-corrected chi connectivity index (χ3v) is 5.40. The lowest BCUT2D eigenvalue weighted by Crippen LogP contribution is -2.42. The molecule has 2 N–H and O–H groups in total. The largest absolute Gasteiger partial charge is 0.471 e. The highest BCUT2D eigenvalue weighted by molar-refractivity contribution is 5.98. The van der Waals surface area contributed by atoms with Gasteiger partial charge in [0.25, 0.3) is 0 Å². The summed E-state index contributed by atoms with van der Waals surface area (Å²) >= 11 is 0. The number of hydrogen-bond donors (Lipinski definition) is 2. The number of nitrogens with zero attached hydrogens (tertiary/aromatic N) is 3. The molecular weight excluding hydrogens is 452 g/mol. The minimum absolute atomic E-state index is 0.0607. The Morgan fingerprint density at radius 3 is 2.48 bits per heavy atom. The second kappa shape index (κ2) is 9.54. The fraction of sp³-hybridized carbons (Fsp3) is 0.476. The summed E-state index contributed by atoms with van der Waals surface area (Å²) in [6.45, 7) is 6.44. The molecule has 0 saturated carbocycles. The topological polar surface area (TPSA) is 70.2 Å². The molecule has 180 valence electrons. The van der Waals surface area contributed by atoms with Crippen molar-refractivity contribution in [2.45, 2.75) is 45.1 Å². The van der Waals surface area contributed by atoms with E-state index in [4.69, 9.17) is 0 Å². The molecule has 1 aromatic heterocycles. The van der Waals surface area contributed by atoms with Crippen LogP contribution in [0.4, 0.5) is 37.8 Å². The Kier molecular flexibility index (Phi) is 7.15. The van der Waals surface area contributed by atoms with E-state index in [1.165, 1.54) is 5.32 Å². The number of halogens is 6. The first-order valence-electron chi connectivity index (χ1n) is 10.3. The Hall–Kier alpha value is -2.89. The molecule has 1 amide bonds. The molecule has 12 heteroatoms. The van der Waals surface area contributed by atoms with Gasteiger partial charge in [0.15, 0.2) is 0 Å². The summed E-state index contributed by atoms with van der Waals surface area (Å²) in [5.74, 6) is -1.93. The van der Waals surface area contributed by atoms with Crippen LogP contribution >= 0.6 is 0 Å². The van der Waals surface area contributed by atoms with E-state index in [1.807, 2.05) is 0 Å². The van der Waals surface area contributed by atoms with Crippen LogP contribution < -0.4 is 10.6 Å². The summed E-state index contributed by atoms with van der Waals surface area (Å²) in [5.41, 5.74) is -1.43. The number of likely N-dealkylation sites (N-methyl/N-ethyl adjacent to an activating group) is 1. The molecule has 1 aliphatic rings. The lowest BCUT2D eigenvalue weighted by molar-refractivity contribution is -0.167. The van der Waals surface area contributed by atoms with E-state index >= 15 is 0 Å². The van der Waals surface area contributed by atoms with Crippen molar-refractivity contribution in [3.8, 4) is 11.3 Å². The van der Waals surface area contributed by atoms with Gasteiger partial charge in [0.1, 0.15) is 5.82 Å². The normalized spacial score (nSPS) is 17.6. The zero-order valence-electron chi connectivity index (χ0n) is 17.9. The molecule has 0 radical (unpaired) electrons. The molecule has 0 spiro atoms. The van der Waals surface area contributed by atoms with E-state index in [0.29, 0.717) is 23.5 Å². The first-order chi connectivity index (χ1) is 15.4. The Morgan fingerprint density at radius 1 is 1.15 bits per heavy atom. The van der Waals surface area contributed by atoms with Crippen LogP contribution in [0.5, 0.6) is 0 Å².